The van der Waals surface area contributed by atoms with Crippen molar-refractivity contribution in [3.8, 4) is 0 Å². The number of esters is 1. The fourth-order valence-corrected chi connectivity index (χ4v) is 5.66. The lowest BCUT2D eigenvalue weighted by Gasteiger charge is -2.26. The highest BCUT2D eigenvalue weighted by Gasteiger charge is 2.38. The van der Waals surface area contributed by atoms with Crippen molar-refractivity contribution in [1.82, 2.24) is 10.9 Å². The predicted octanol–water partition coefficient (Wildman–Crippen LogP) is 2.87. The largest absolute Gasteiger partial charge is 0.456 e. The van der Waals surface area contributed by atoms with Crippen molar-refractivity contribution >= 4 is 29.3 Å². The molecule has 1 saturated heterocycles. The Kier molecular flexibility index (Phi) is 6.23. The van der Waals surface area contributed by atoms with Crippen molar-refractivity contribution in [1.29, 1.82) is 0 Å². The van der Waals surface area contributed by atoms with Crippen LogP contribution in [-0.4, -0.2) is 42.4 Å². The number of carbonyl (C=O) groups excluding carboxylic acids is 2. The fourth-order valence-electron chi connectivity index (χ4n) is 4.55. The Morgan fingerprint density at radius 1 is 1.18 bits per heavy atom. The number of fused-ring (bicyclic) bond motifs is 2. The SMILES string of the molecule is CC1CCN(C(=O)COC(=O)CC2NNC3CCCCC32)c2ccccc2S1. The predicted molar refractivity (Wildman–Crippen MR) is 110 cm³/mol. The lowest BCUT2D eigenvalue weighted by Crippen LogP contribution is -2.37. The second-order valence-corrected chi connectivity index (χ2v) is 9.53. The number of hydrogen-bond donors (Lipinski definition) is 2. The molecule has 1 aromatic rings. The number of rotatable bonds is 4. The summed E-state index contributed by atoms with van der Waals surface area (Å²) in [6.45, 7) is 2.64. The van der Waals surface area contributed by atoms with E-state index in [1.54, 1.807) is 16.7 Å². The summed E-state index contributed by atoms with van der Waals surface area (Å²) < 4.78 is 5.38. The van der Waals surface area contributed by atoms with Crippen LogP contribution in [-0.2, 0) is 14.3 Å². The van der Waals surface area contributed by atoms with Gasteiger partial charge in [-0.15, -0.1) is 11.8 Å². The van der Waals surface area contributed by atoms with Crippen LogP contribution >= 0.6 is 11.8 Å². The van der Waals surface area contributed by atoms with E-state index in [1.807, 2.05) is 24.3 Å². The van der Waals surface area contributed by atoms with Crippen LogP contribution in [0.1, 0.15) is 45.4 Å². The van der Waals surface area contributed by atoms with Crippen molar-refractivity contribution in [2.24, 2.45) is 5.92 Å². The summed E-state index contributed by atoms with van der Waals surface area (Å²) >= 11 is 1.79. The van der Waals surface area contributed by atoms with Crippen molar-refractivity contribution in [3.63, 3.8) is 0 Å². The van der Waals surface area contributed by atoms with Crippen LogP contribution in [0.5, 0.6) is 0 Å². The van der Waals surface area contributed by atoms with Crippen LogP contribution in [0, 0.1) is 5.92 Å². The first-order valence-corrected chi connectivity index (χ1v) is 11.2. The molecule has 6 nitrogen and oxygen atoms in total. The normalized spacial score (nSPS) is 29.5. The Morgan fingerprint density at radius 3 is 2.89 bits per heavy atom. The lowest BCUT2D eigenvalue weighted by molar-refractivity contribution is -0.148. The molecule has 1 aliphatic carbocycles. The van der Waals surface area contributed by atoms with E-state index >= 15 is 0 Å². The number of nitrogens with zero attached hydrogens (tertiary/aromatic N) is 1. The van der Waals surface area contributed by atoms with Gasteiger partial charge in [0.2, 0.25) is 0 Å². The van der Waals surface area contributed by atoms with Crippen LogP contribution in [0.15, 0.2) is 29.2 Å². The Hall–Kier alpha value is -1.57. The molecular weight excluding hydrogens is 374 g/mol. The second kappa shape index (κ2) is 8.84. The maximum Gasteiger partial charge on any atom is 0.307 e. The van der Waals surface area contributed by atoms with E-state index < -0.39 is 0 Å². The van der Waals surface area contributed by atoms with Gasteiger partial charge in [-0.2, -0.15) is 0 Å². The van der Waals surface area contributed by atoms with Crippen LogP contribution in [0.25, 0.3) is 0 Å². The molecule has 0 radical (unpaired) electrons. The third kappa shape index (κ3) is 4.36. The number of anilines is 1. The molecule has 2 aliphatic heterocycles. The third-order valence-electron chi connectivity index (χ3n) is 6.08. The zero-order valence-corrected chi connectivity index (χ0v) is 17.2. The van der Waals surface area contributed by atoms with Gasteiger partial charge in [-0.3, -0.25) is 20.4 Å². The molecule has 1 saturated carbocycles. The van der Waals surface area contributed by atoms with Gasteiger partial charge in [0.1, 0.15) is 0 Å². The monoisotopic (exact) mass is 403 g/mol. The molecule has 2 N–H and O–H groups in total. The second-order valence-electron chi connectivity index (χ2n) is 8.05. The van der Waals surface area contributed by atoms with Crippen LogP contribution in [0.2, 0.25) is 0 Å². The Balaban J connectivity index is 1.32. The molecule has 2 heterocycles. The first-order chi connectivity index (χ1) is 13.6. The van der Waals surface area contributed by atoms with Gasteiger partial charge in [0.25, 0.3) is 5.91 Å². The summed E-state index contributed by atoms with van der Waals surface area (Å²) in [5.41, 5.74) is 7.50. The first kappa shape index (κ1) is 19.7. The first-order valence-electron chi connectivity index (χ1n) is 10.3. The van der Waals surface area contributed by atoms with Crippen LogP contribution in [0.4, 0.5) is 5.69 Å². The fraction of sp³-hybridized carbons (Fsp3) is 0.619. The molecule has 1 amide bonds. The van der Waals surface area contributed by atoms with Gasteiger partial charge in [0.05, 0.1) is 12.1 Å². The molecule has 7 heteroatoms. The lowest BCUT2D eigenvalue weighted by atomic mass is 9.81. The smallest absolute Gasteiger partial charge is 0.307 e. The molecule has 4 atom stereocenters. The van der Waals surface area contributed by atoms with Gasteiger partial charge in [-0.1, -0.05) is 31.9 Å². The molecule has 1 aromatic carbocycles. The molecule has 152 valence electrons. The summed E-state index contributed by atoms with van der Waals surface area (Å²) in [5.74, 6) is 0.0290. The number of thioether (sulfide) groups is 1. The number of hydrogen-bond acceptors (Lipinski definition) is 6. The summed E-state index contributed by atoms with van der Waals surface area (Å²) in [4.78, 5) is 28.0. The highest BCUT2D eigenvalue weighted by atomic mass is 32.2. The van der Waals surface area contributed by atoms with Crippen molar-refractivity contribution in [2.75, 3.05) is 18.1 Å². The van der Waals surface area contributed by atoms with E-state index in [2.05, 4.69) is 17.8 Å². The quantitative estimate of drug-likeness (QED) is 0.754. The standard InChI is InChI=1S/C21H29N3O3S/c1-14-10-11-24(18-8-4-5-9-19(18)28-14)20(25)13-27-21(26)12-17-15-6-2-3-7-16(15)22-23-17/h4-5,8-9,14-17,22-23H,2-3,6-7,10-13H2,1H3. The van der Waals surface area contributed by atoms with Gasteiger partial charge >= 0.3 is 5.97 Å². The van der Waals surface area contributed by atoms with E-state index in [1.165, 1.54) is 12.8 Å². The number of para-hydroxylation sites is 1. The third-order valence-corrected chi connectivity index (χ3v) is 7.32. The topological polar surface area (TPSA) is 70.7 Å². The highest BCUT2D eigenvalue weighted by Crippen LogP contribution is 2.37. The van der Waals surface area contributed by atoms with E-state index in [0.717, 1.165) is 29.8 Å². The highest BCUT2D eigenvalue weighted by molar-refractivity contribution is 8.00. The average Bonchev–Trinajstić information content (AvgIpc) is 3.01. The molecule has 0 spiro atoms. The zero-order chi connectivity index (χ0) is 19.5. The molecule has 2 fully saturated rings. The maximum absolute atomic E-state index is 12.8. The molecule has 4 rings (SSSR count). The molecule has 0 aromatic heterocycles. The molecule has 3 aliphatic rings. The molecule has 28 heavy (non-hydrogen) atoms. The average molecular weight is 404 g/mol. The van der Waals surface area contributed by atoms with E-state index in [9.17, 15) is 9.59 Å². The van der Waals surface area contributed by atoms with Crippen molar-refractivity contribution in [3.05, 3.63) is 24.3 Å². The summed E-state index contributed by atoms with van der Waals surface area (Å²) in [6, 6.07) is 8.52. The maximum atomic E-state index is 12.8. The van der Waals surface area contributed by atoms with Gasteiger partial charge in [-0.25, -0.2) is 0 Å². The van der Waals surface area contributed by atoms with Crippen LogP contribution in [0.3, 0.4) is 0 Å². The zero-order valence-electron chi connectivity index (χ0n) is 16.4. The van der Waals surface area contributed by atoms with E-state index in [4.69, 9.17) is 4.74 Å². The van der Waals surface area contributed by atoms with Gasteiger partial charge in [0, 0.05) is 28.8 Å². The summed E-state index contributed by atoms with van der Waals surface area (Å²) in [6.07, 6.45) is 5.99. The Morgan fingerprint density at radius 2 is 2.00 bits per heavy atom. The van der Waals surface area contributed by atoms with E-state index in [-0.39, 0.29) is 24.5 Å². The van der Waals surface area contributed by atoms with Gasteiger partial charge < -0.3 is 9.64 Å². The minimum Gasteiger partial charge on any atom is -0.456 e. The Bertz CT molecular complexity index is 729. The number of amides is 1. The van der Waals surface area contributed by atoms with Gasteiger partial charge in [-0.05, 0) is 37.3 Å². The van der Waals surface area contributed by atoms with Gasteiger partial charge in [0.15, 0.2) is 6.61 Å². The number of hydrazine groups is 1. The molecular formula is C21H29N3O3S. The minimum absolute atomic E-state index is 0.101. The number of carbonyl (C=O) groups is 2. The van der Waals surface area contributed by atoms with E-state index in [0.29, 0.717) is 30.2 Å². The van der Waals surface area contributed by atoms with Crippen molar-refractivity contribution in [2.45, 2.75) is 67.7 Å². The minimum atomic E-state index is -0.301. The number of benzene rings is 1. The number of nitrogens with one attached hydrogen (secondary N) is 2. The Labute approximate surface area is 170 Å². The molecule has 0 bridgehead atoms. The van der Waals surface area contributed by atoms with Crippen molar-refractivity contribution < 1.29 is 14.3 Å². The van der Waals surface area contributed by atoms with Crippen LogP contribution < -0.4 is 15.8 Å². The summed E-state index contributed by atoms with van der Waals surface area (Å²) in [5, 5.41) is 0.450. The molecule has 4 unspecified atom stereocenters. The summed E-state index contributed by atoms with van der Waals surface area (Å²) in [7, 11) is 0. The number of ether oxygens (including phenoxy) is 1.